The SMILES string of the molecule is COc1nc(N2CCN(C)CC2)nc(OC)c1Sc1nccc(NC(=O)/C=C/CN(C)C)n1. The Bertz CT molecular complexity index is 955. The lowest BCUT2D eigenvalue weighted by atomic mass is 10.3. The molecule has 0 radical (unpaired) electrons. The smallest absolute Gasteiger partial charge is 0.249 e. The molecule has 0 spiro atoms. The molecule has 3 heterocycles. The first kappa shape index (κ1) is 24.7. The molecule has 1 aliphatic heterocycles. The van der Waals surface area contributed by atoms with Gasteiger partial charge < -0.3 is 29.5 Å². The zero-order chi connectivity index (χ0) is 23.8. The highest BCUT2D eigenvalue weighted by Gasteiger charge is 2.23. The van der Waals surface area contributed by atoms with Crippen molar-refractivity contribution in [1.29, 1.82) is 0 Å². The van der Waals surface area contributed by atoms with E-state index in [0.717, 1.165) is 26.2 Å². The largest absolute Gasteiger partial charge is 0.480 e. The zero-order valence-corrected chi connectivity index (χ0v) is 20.4. The van der Waals surface area contributed by atoms with Crippen LogP contribution in [-0.2, 0) is 4.79 Å². The van der Waals surface area contributed by atoms with Gasteiger partial charge >= 0.3 is 0 Å². The molecule has 1 fully saturated rings. The van der Waals surface area contributed by atoms with Crippen molar-refractivity contribution < 1.29 is 14.3 Å². The molecule has 1 saturated heterocycles. The predicted molar refractivity (Wildman–Crippen MR) is 127 cm³/mol. The Morgan fingerprint density at radius 3 is 2.42 bits per heavy atom. The van der Waals surface area contributed by atoms with E-state index in [2.05, 4.69) is 42.1 Å². The van der Waals surface area contributed by atoms with Gasteiger partial charge in [0.05, 0.1) is 14.2 Å². The van der Waals surface area contributed by atoms with Gasteiger partial charge in [0.15, 0.2) is 5.16 Å². The average Bonchev–Trinajstić information content (AvgIpc) is 2.79. The van der Waals surface area contributed by atoms with Crippen LogP contribution in [0.3, 0.4) is 0 Å². The molecule has 2 aromatic heterocycles. The van der Waals surface area contributed by atoms with Gasteiger partial charge in [-0.3, -0.25) is 4.79 Å². The summed E-state index contributed by atoms with van der Waals surface area (Å²) in [4.78, 5) is 36.9. The number of hydrogen-bond donors (Lipinski definition) is 1. The van der Waals surface area contributed by atoms with Crippen LogP contribution in [0, 0.1) is 0 Å². The second-order valence-electron chi connectivity index (χ2n) is 7.64. The van der Waals surface area contributed by atoms with E-state index in [-0.39, 0.29) is 5.91 Å². The summed E-state index contributed by atoms with van der Waals surface area (Å²) in [5, 5.41) is 3.14. The number of nitrogens with zero attached hydrogens (tertiary/aromatic N) is 7. The number of likely N-dealkylation sites (N-methyl/N-ethyl adjacent to an activating group) is 2. The van der Waals surface area contributed by atoms with Crippen molar-refractivity contribution in [1.82, 2.24) is 29.7 Å². The van der Waals surface area contributed by atoms with Crippen molar-refractivity contribution in [3.63, 3.8) is 0 Å². The van der Waals surface area contributed by atoms with Crippen LogP contribution in [-0.4, -0.2) is 104 Å². The number of aromatic nitrogens is 4. The van der Waals surface area contributed by atoms with Gasteiger partial charge in [-0.15, -0.1) is 0 Å². The number of methoxy groups -OCH3 is 2. The Hall–Kier alpha value is -2.96. The average molecular weight is 475 g/mol. The minimum absolute atomic E-state index is 0.262. The Kier molecular flexibility index (Phi) is 8.80. The van der Waals surface area contributed by atoms with E-state index in [1.165, 1.54) is 17.8 Å². The molecule has 1 N–H and O–H groups in total. The summed E-state index contributed by atoms with van der Waals surface area (Å²) in [6, 6.07) is 1.63. The molecule has 1 aliphatic rings. The lowest BCUT2D eigenvalue weighted by molar-refractivity contribution is -0.111. The summed E-state index contributed by atoms with van der Waals surface area (Å²) in [5.74, 6) is 1.45. The molecule has 3 rings (SSSR count). The Labute approximate surface area is 198 Å². The molecule has 0 atom stereocenters. The van der Waals surface area contributed by atoms with E-state index < -0.39 is 0 Å². The number of ether oxygens (including phenoxy) is 2. The Morgan fingerprint density at radius 2 is 1.82 bits per heavy atom. The number of piperazine rings is 1. The highest BCUT2D eigenvalue weighted by molar-refractivity contribution is 7.99. The monoisotopic (exact) mass is 474 g/mol. The first-order chi connectivity index (χ1) is 15.9. The number of rotatable bonds is 9. The van der Waals surface area contributed by atoms with E-state index in [0.29, 0.717) is 40.1 Å². The van der Waals surface area contributed by atoms with Crippen LogP contribution < -0.4 is 19.7 Å². The number of anilines is 2. The van der Waals surface area contributed by atoms with E-state index in [4.69, 9.17) is 9.47 Å². The van der Waals surface area contributed by atoms with E-state index in [1.54, 1.807) is 32.6 Å². The van der Waals surface area contributed by atoms with Crippen molar-refractivity contribution >= 4 is 29.4 Å². The maximum Gasteiger partial charge on any atom is 0.249 e. The maximum absolute atomic E-state index is 12.1. The fraction of sp³-hybridized carbons (Fsp3) is 0.476. The lowest BCUT2D eigenvalue weighted by Gasteiger charge is -2.32. The summed E-state index contributed by atoms with van der Waals surface area (Å²) < 4.78 is 11.1. The van der Waals surface area contributed by atoms with Crippen molar-refractivity contribution in [2.75, 3.05) is 78.3 Å². The molecular weight excluding hydrogens is 444 g/mol. The van der Waals surface area contributed by atoms with Crippen molar-refractivity contribution in [3.05, 3.63) is 24.4 Å². The van der Waals surface area contributed by atoms with Crippen LogP contribution in [0.25, 0.3) is 0 Å². The van der Waals surface area contributed by atoms with Crippen LogP contribution in [0.5, 0.6) is 11.8 Å². The van der Waals surface area contributed by atoms with Crippen LogP contribution in [0.4, 0.5) is 11.8 Å². The van der Waals surface area contributed by atoms with E-state index in [1.807, 2.05) is 19.0 Å². The highest BCUT2D eigenvalue weighted by atomic mass is 32.2. The number of carbonyl (C=O) groups is 1. The summed E-state index contributed by atoms with van der Waals surface area (Å²) in [6.07, 6.45) is 4.83. The topological polar surface area (TPSA) is 109 Å². The number of hydrogen-bond acceptors (Lipinski definition) is 11. The fourth-order valence-corrected chi connectivity index (χ4v) is 3.87. The predicted octanol–water partition coefficient (Wildman–Crippen LogP) is 1.24. The Balaban J connectivity index is 1.77. The quantitative estimate of drug-likeness (QED) is 0.419. The molecule has 11 nitrogen and oxygen atoms in total. The van der Waals surface area contributed by atoms with Crippen molar-refractivity contribution in [2.24, 2.45) is 0 Å². The number of carbonyl (C=O) groups excluding carboxylic acids is 1. The van der Waals surface area contributed by atoms with Crippen LogP contribution in [0.2, 0.25) is 0 Å². The fourth-order valence-electron chi connectivity index (χ4n) is 3.00. The van der Waals surface area contributed by atoms with Gasteiger partial charge in [0, 0.05) is 45.0 Å². The lowest BCUT2D eigenvalue weighted by Crippen LogP contribution is -2.45. The van der Waals surface area contributed by atoms with Crippen LogP contribution in [0.15, 0.2) is 34.5 Å². The second kappa shape index (κ2) is 11.8. The summed E-state index contributed by atoms with van der Waals surface area (Å²) >= 11 is 1.21. The van der Waals surface area contributed by atoms with Gasteiger partial charge in [-0.05, 0) is 39.0 Å². The van der Waals surface area contributed by atoms with Crippen molar-refractivity contribution in [3.8, 4) is 11.8 Å². The normalized spacial score (nSPS) is 14.7. The number of amides is 1. The number of nitrogens with one attached hydrogen (secondary N) is 1. The minimum atomic E-state index is -0.262. The molecule has 12 heteroatoms. The van der Waals surface area contributed by atoms with E-state index in [9.17, 15) is 4.79 Å². The summed E-state index contributed by atoms with van der Waals surface area (Å²) in [5.41, 5.74) is 0. The van der Waals surface area contributed by atoms with Gasteiger partial charge in [0.2, 0.25) is 23.6 Å². The third-order valence-corrected chi connectivity index (χ3v) is 5.71. The highest BCUT2D eigenvalue weighted by Crippen LogP contribution is 2.39. The summed E-state index contributed by atoms with van der Waals surface area (Å²) in [7, 11) is 9.06. The third kappa shape index (κ3) is 7.01. The molecule has 0 unspecified atom stereocenters. The van der Waals surface area contributed by atoms with E-state index >= 15 is 0 Å². The van der Waals surface area contributed by atoms with Crippen LogP contribution >= 0.6 is 11.8 Å². The van der Waals surface area contributed by atoms with Gasteiger partial charge in [-0.1, -0.05) is 6.08 Å². The first-order valence-electron chi connectivity index (χ1n) is 10.5. The third-order valence-electron chi connectivity index (χ3n) is 4.78. The molecule has 0 saturated carbocycles. The van der Waals surface area contributed by atoms with Gasteiger partial charge in [-0.25, -0.2) is 9.97 Å². The molecule has 178 valence electrons. The van der Waals surface area contributed by atoms with Gasteiger partial charge in [0.1, 0.15) is 10.7 Å². The van der Waals surface area contributed by atoms with Gasteiger partial charge in [-0.2, -0.15) is 9.97 Å². The Morgan fingerprint density at radius 1 is 1.15 bits per heavy atom. The molecule has 0 aromatic carbocycles. The molecule has 1 amide bonds. The zero-order valence-electron chi connectivity index (χ0n) is 19.6. The molecule has 0 aliphatic carbocycles. The van der Waals surface area contributed by atoms with Crippen molar-refractivity contribution in [2.45, 2.75) is 10.1 Å². The maximum atomic E-state index is 12.1. The standard InChI is InChI=1S/C21H30N8O3S/c1-27(2)10-6-7-16(30)23-15-8-9-22-21(24-15)33-17-18(31-4)25-20(26-19(17)32-5)29-13-11-28(3)12-14-29/h6-9H,10-14H2,1-5H3,(H,22,23,24,30)/b7-6+. The van der Waals surface area contributed by atoms with Gasteiger partial charge in [0.25, 0.3) is 0 Å². The summed E-state index contributed by atoms with van der Waals surface area (Å²) in [6.45, 7) is 4.18. The molecular formula is C21H30N8O3S. The second-order valence-corrected chi connectivity index (χ2v) is 8.62. The van der Waals surface area contributed by atoms with Crippen LogP contribution in [0.1, 0.15) is 0 Å². The molecule has 33 heavy (non-hydrogen) atoms. The minimum Gasteiger partial charge on any atom is -0.480 e. The first-order valence-corrected chi connectivity index (χ1v) is 11.3. The molecule has 0 bridgehead atoms. The molecule has 2 aromatic rings.